The Morgan fingerprint density at radius 2 is 1.67 bits per heavy atom. The topological polar surface area (TPSA) is 54.5 Å². The summed E-state index contributed by atoms with van der Waals surface area (Å²) in [7, 11) is 4.39. The molecule has 1 N–H and O–H groups in total. The monoisotopic (exact) mass is 748 g/mol. The van der Waals surface area contributed by atoms with Crippen LogP contribution in [0.15, 0.2) is 67.0 Å². The maximum Gasteiger partial charge on any atom is 0.338 e. The molecule has 0 spiro atoms. The van der Waals surface area contributed by atoms with Gasteiger partial charge in [0.15, 0.2) is 0 Å². The van der Waals surface area contributed by atoms with E-state index in [9.17, 15) is 4.79 Å². The lowest BCUT2D eigenvalue weighted by Crippen LogP contribution is -2.65. The summed E-state index contributed by atoms with van der Waals surface area (Å²) in [6.45, 7) is 28.1. The van der Waals surface area contributed by atoms with Crippen LogP contribution in [0.5, 0.6) is 0 Å². The van der Waals surface area contributed by atoms with Crippen molar-refractivity contribution in [3.8, 4) is 0 Å². The number of nitrogens with zero attached hydrogens (tertiary/aromatic N) is 2. The average Bonchev–Trinajstić information content (AvgIpc) is 3.50. The molecule has 4 saturated carbocycles. The van der Waals surface area contributed by atoms with E-state index in [1.807, 2.05) is 45.3 Å². The third-order valence-electron chi connectivity index (χ3n) is 17.2. The molecule has 5 heteroatoms. The zero-order chi connectivity index (χ0) is 39.8. The SMILES string of the molecule is C=C(C)[C@@H]1CC[C@]2(CNCC(c3cccnc3)N(C)C)CC[C@]3(C)[C@H](CC[C@@H]4[C@@]5(C)CC=C(c6ccc(C(=O)OC(C)(C)C)cc6)C(C)(C)[C@@H]5CC[C@]43C)[C@@H]12. The molecule has 55 heavy (non-hydrogen) atoms. The van der Waals surface area contributed by atoms with Gasteiger partial charge >= 0.3 is 5.97 Å². The first-order chi connectivity index (χ1) is 25.8. The van der Waals surface area contributed by atoms with Crippen molar-refractivity contribution in [2.75, 3.05) is 27.2 Å². The summed E-state index contributed by atoms with van der Waals surface area (Å²) in [6, 6.07) is 12.9. The van der Waals surface area contributed by atoms with Crippen molar-refractivity contribution in [3.05, 3.63) is 83.7 Å². The predicted molar refractivity (Wildman–Crippen MR) is 227 cm³/mol. The first-order valence-corrected chi connectivity index (χ1v) is 21.7. The fraction of sp³-hybridized carbons (Fsp3) is 0.680. The van der Waals surface area contributed by atoms with Gasteiger partial charge < -0.3 is 15.0 Å². The molecular formula is C50H73N3O2. The Kier molecular flexibility index (Phi) is 10.5. The van der Waals surface area contributed by atoms with Crippen LogP contribution < -0.4 is 5.32 Å². The molecule has 0 aliphatic heterocycles. The lowest BCUT2D eigenvalue weighted by molar-refractivity contribution is -0.225. The Hall–Kier alpha value is -2.76. The van der Waals surface area contributed by atoms with Crippen molar-refractivity contribution in [1.82, 2.24) is 15.2 Å². The van der Waals surface area contributed by atoms with E-state index >= 15 is 0 Å². The Labute approximate surface area is 334 Å². The molecule has 1 aromatic heterocycles. The lowest BCUT2D eigenvalue weighted by atomic mass is 9.32. The van der Waals surface area contributed by atoms with E-state index in [4.69, 9.17) is 4.74 Å². The highest BCUT2D eigenvalue weighted by Crippen LogP contribution is 2.77. The van der Waals surface area contributed by atoms with E-state index in [0.717, 1.165) is 25.4 Å². The Balaban J connectivity index is 1.14. The summed E-state index contributed by atoms with van der Waals surface area (Å²) in [5.41, 5.74) is 6.83. The first kappa shape index (κ1) is 40.4. The molecule has 2 aromatic rings. The minimum Gasteiger partial charge on any atom is -0.456 e. The molecule has 1 aromatic carbocycles. The number of allylic oxidation sites excluding steroid dienone is 3. The van der Waals surface area contributed by atoms with Gasteiger partial charge in [-0.2, -0.15) is 0 Å². The van der Waals surface area contributed by atoms with Gasteiger partial charge in [-0.05, 0) is 191 Å². The van der Waals surface area contributed by atoms with E-state index in [2.05, 4.69) is 108 Å². The largest absolute Gasteiger partial charge is 0.456 e. The van der Waals surface area contributed by atoms with Crippen LogP contribution in [0.3, 0.4) is 0 Å². The molecule has 0 radical (unpaired) electrons. The van der Waals surface area contributed by atoms with Crippen LogP contribution in [0.4, 0.5) is 0 Å². The number of carbonyl (C=O) groups excluding carboxylic acids is 1. The van der Waals surface area contributed by atoms with E-state index in [0.29, 0.717) is 51.5 Å². The second kappa shape index (κ2) is 14.3. The molecule has 4 fully saturated rings. The number of benzene rings is 1. The van der Waals surface area contributed by atoms with Crippen molar-refractivity contribution in [1.29, 1.82) is 0 Å². The number of hydrogen-bond donors (Lipinski definition) is 1. The third kappa shape index (κ3) is 6.69. The zero-order valence-electron chi connectivity index (χ0n) is 36.4. The summed E-state index contributed by atoms with van der Waals surface area (Å²) >= 11 is 0. The van der Waals surface area contributed by atoms with Crippen molar-refractivity contribution in [2.24, 2.45) is 56.7 Å². The summed E-state index contributed by atoms with van der Waals surface area (Å²) in [5, 5.41) is 4.09. The summed E-state index contributed by atoms with van der Waals surface area (Å²) in [4.78, 5) is 19.6. The van der Waals surface area contributed by atoms with E-state index < -0.39 is 5.60 Å². The van der Waals surface area contributed by atoms with Gasteiger partial charge in [0.25, 0.3) is 0 Å². The summed E-state index contributed by atoms with van der Waals surface area (Å²) < 4.78 is 5.67. The Morgan fingerprint density at radius 1 is 0.945 bits per heavy atom. The zero-order valence-corrected chi connectivity index (χ0v) is 36.4. The molecule has 5 aliphatic carbocycles. The minimum absolute atomic E-state index is 0.0453. The molecule has 10 atom stereocenters. The van der Waals surface area contributed by atoms with Crippen molar-refractivity contribution in [2.45, 2.75) is 132 Å². The standard InChI is InChI=1S/C50H73N3O2/c1-33(2)37-21-26-50(32-52-31-40(53(11)12)36-14-13-29-51-30-36)28-27-48(9)39(43(37)50)19-20-42-47(8)24-22-38(46(6,7)41(47)23-25-49(42,48)10)34-15-17-35(18-16-34)44(54)55-45(3,4)5/h13-18,22,29-30,37,39-43,52H,1,19-21,23-28,31-32H2,2-12H3/t37-,39+,40?,41-,42+,43+,47-,48+,49+,50+/m0/s1. The number of hydrogen-bond acceptors (Lipinski definition) is 5. The molecule has 5 aliphatic rings. The maximum absolute atomic E-state index is 12.8. The third-order valence-corrected chi connectivity index (χ3v) is 17.2. The van der Waals surface area contributed by atoms with Gasteiger partial charge in [-0.3, -0.25) is 4.98 Å². The molecule has 0 amide bonds. The number of ether oxygens (including phenoxy) is 1. The molecule has 1 heterocycles. The van der Waals surface area contributed by atoms with Crippen molar-refractivity contribution >= 4 is 11.5 Å². The number of esters is 1. The normalized spacial score (nSPS) is 37.2. The highest BCUT2D eigenvalue weighted by molar-refractivity contribution is 5.90. The number of nitrogens with one attached hydrogen (secondary N) is 1. The van der Waals surface area contributed by atoms with Gasteiger partial charge in [-0.15, -0.1) is 0 Å². The summed E-state index contributed by atoms with van der Waals surface area (Å²) in [6.07, 6.45) is 18.3. The first-order valence-electron chi connectivity index (χ1n) is 21.7. The number of rotatable bonds is 9. The van der Waals surface area contributed by atoms with Crippen LogP contribution in [0.1, 0.15) is 148 Å². The molecule has 0 bridgehead atoms. The predicted octanol–water partition coefficient (Wildman–Crippen LogP) is 11.6. The Morgan fingerprint density at radius 3 is 2.31 bits per heavy atom. The molecule has 1 unspecified atom stereocenters. The van der Waals surface area contributed by atoms with E-state index in [1.54, 1.807) is 0 Å². The van der Waals surface area contributed by atoms with E-state index in [1.165, 1.54) is 73.6 Å². The maximum atomic E-state index is 12.8. The number of likely N-dealkylation sites (N-methyl/N-ethyl adjacent to an activating group) is 1. The van der Waals surface area contributed by atoms with Crippen LogP contribution in [-0.2, 0) is 4.74 Å². The molecular weight excluding hydrogens is 675 g/mol. The molecule has 5 nitrogen and oxygen atoms in total. The second-order valence-corrected chi connectivity index (χ2v) is 21.6. The number of pyridine rings is 1. The average molecular weight is 748 g/mol. The van der Waals surface area contributed by atoms with Crippen LogP contribution in [0, 0.1) is 56.7 Å². The van der Waals surface area contributed by atoms with Crippen LogP contribution in [0.2, 0.25) is 0 Å². The minimum atomic E-state index is -0.502. The van der Waals surface area contributed by atoms with Crippen LogP contribution >= 0.6 is 0 Å². The van der Waals surface area contributed by atoms with Gasteiger partial charge in [0.05, 0.1) is 5.56 Å². The number of fused-ring (bicyclic) bond motifs is 7. The van der Waals surface area contributed by atoms with Gasteiger partial charge in [0.2, 0.25) is 0 Å². The molecule has 0 saturated heterocycles. The van der Waals surface area contributed by atoms with Crippen molar-refractivity contribution < 1.29 is 9.53 Å². The highest BCUT2D eigenvalue weighted by Gasteiger charge is 2.70. The lowest BCUT2D eigenvalue weighted by Gasteiger charge is -2.72. The van der Waals surface area contributed by atoms with Gasteiger partial charge in [0, 0.05) is 31.5 Å². The molecule has 7 rings (SSSR count). The summed E-state index contributed by atoms with van der Waals surface area (Å²) in [5.74, 6) is 3.15. The fourth-order valence-electron chi connectivity index (χ4n) is 14.4. The fourth-order valence-corrected chi connectivity index (χ4v) is 14.4. The Bertz CT molecular complexity index is 1770. The van der Waals surface area contributed by atoms with Gasteiger partial charge in [-0.1, -0.05) is 71.0 Å². The second-order valence-electron chi connectivity index (χ2n) is 21.6. The van der Waals surface area contributed by atoms with Crippen LogP contribution in [0.25, 0.3) is 5.57 Å². The van der Waals surface area contributed by atoms with E-state index in [-0.39, 0.29) is 16.8 Å². The van der Waals surface area contributed by atoms with Gasteiger partial charge in [0.1, 0.15) is 5.60 Å². The number of carbonyl (C=O) groups is 1. The quantitative estimate of drug-likeness (QED) is 0.204. The smallest absolute Gasteiger partial charge is 0.338 e. The highest BCUT2D eigenvalue weighted by atomic mass is 16.6. The number of aromatic nitrogens is 1. The van der Waals surface area contributed by atoms with Crippen LogP contribution in [-0.4, -0.2) is 48.6 Å². The molecule has 300 valence electrons. The van der Waals surface area contributed by atoms with Gasteiger partial charge in [-0.25, -0.2) is 4.79 Å². The van der Waals surface area contributed by atoms with Crippen molar-refractivity contribution in [3.63, 3.8) is 0 Å².